The Hall–Kier alpha value is -0.620. The molecule has 12 heavy (non-hydrogen) atoms. The molecule has 0 heterocycles. The molecule has 0 fully saturated rings. The molecular formula is C8H9IN2O. The van der Waals surface area contributed by atoms with Gasteiger partial charge in [0, 0.05) is 0 Å². The zero-order valence-corrected chi connectivity index (χ0v) is 8.49. The Bertz CT molecular complexity index is 284. The second kappa shape index (κ2) is 3.40. The highest BCUT2D eigenvalue weighted by atomic mass is 127. The molecule has 0 aliphatic carbocycles. The van der Waals surface area contributed by atoms with Gasteiger partial charge in [-0.1, -0.05) is 30.3 Å². The summed E-state index contributed by atoms with van der Waals surface area (Å²) < 4.78 is -1.10. The van der Waals surface area contributed by atoms with E-state index in [4.69, 9.17) is 11.5 Å². The number of amides is 1. The number of carbonyl (C=O) groups excluding carboxylic acids is 1. The summed E-state index contributed by atoms with van der Waals surface area (Å²) in [5.41, 5.74) is 11.5. The van der Waals surface area contributed by atoms with Gasteiger partial charge in [-0.2, -0.15) is 0 Å². The van der Waals surface area contributed by atoms with Crippen LogP contribution in [0.5, 0.6) is 0 Å². The first kappa shape index (κ1) is 9.47. The molecule has 0 aromatic heterocycles. The van der Waals surface area contributed by atoms with Crippen LogP contribution in [0.3, 0.4) is 0 Å². The van der Waals surface area contributed by atoms with Crippen molar-refractivity contribution in [3.05, 3.63) is 35.9 Å². The van der Waals surface area contributed by atoms with E-state index in [9.17, 15) is 4.79 Å². The lowest BCUT2D eigenvalue weighted by Gasteiger charge is -2.18. The maximum atomic E-state index is 10.9. The number of nitrogens with two attached hydrogens (primary N) is 2. The van der Waals surface area contributed by atoms with Gasteiger partial charge < -0.3 is 11.5 Å². The quantitative estimate of drug-likeness (QED) is 0.474. The maximum Gasteiger partial charge on any atom is 0.252 e. The number of hydrogen-bond acceptors (Lipinski definition) is 2. The molecule has 64 valence electrons. The van der Waals surface area contributed by atoms with Gasteiger partial charge in [0.05, 0.1) is 0 Å². The maximum absolute atomic E-state index is 10.9. The monoisotopic (exact) mass is 276 g/mol. The van der Waals surface area contributed by atoms with Crippen LogP contribution in [0.1, 0.15) is 5.56 Å². The van der Waals surface area contributed by atoms with E-state index in [1.54, 1.807) is 12.1 Å². The average molecular weight is 276 g/mol. The van der Waals surface area contributed by atoms with Crippen molar-refractivity contribution in [1.29, 1.82) is 0 Å². The summed E-state index contributed by atoms with van der Waals surface area (Å²) in [5.74, 6) is -0.533. The smallest absolute Gasteiger partial charge is 0.252 e. The minimum atomic E-state index is -1.10. The predicted octanol–water partition coefficient (Wildman–Crippen LogP) is 0.718. The molecule has 4 heteroatoms. The molecular weight excluding hydrogens is 267 g/mol. The van der Waals surface area contributed by atoms with Crippen molar-refractivity contribution in [3.63, 3.8) is 0 Å². The van der Waals surface area contributed by atoms with Crippen LogP contribution in [0.4, 0.5) is 0 Å². The minimum absolute atomic E-state index is 0.533. The van der Waals surface area contributed by atoms with Crippen LogP contribution < -0.4 is 11.5 Å². The highest BCUT2D eigenvalue weighted by Gasteiger charge is 2.29. The van der Waals surface area contributed by atoms with Crippen LogP contribution >= 0.6 is 22.6 Å². The third-order valence-electron chi connectivity index (χ3n) is 1.55. The third kappa shape index (κ3) is 1.75. The summed E-state index contributed by atoms with van der Waals surface area (Å²) in [4.78, 5) is 10.9. The van der Waals surface area contributed by atoms with E-state index < -0.39 is 9.45 Å². The summed E-state index contributed by atoms with van der Waals surface area (Å²) in [6.07, 6.45) is 0. The van der Waals surface area contributed by atoms with Gasteiger partial charge in [0.1, 0.15) is 0 Å². The van der Waals surface area contributed by atoms with E-state index in [2.05, 4.69) is 0 Å². The molecule has 0 saturated carbocycles. The molecule has 1 amide bonds. The van der Waals surface area contributed by atoms with Gasteiger partial charge in [0.2, 0.25) is 0 Å². The van der Waals surface area contributed by atoms with Gasteiger partial charge in [0.15, 0.2) is 3.55 Å². The van der Waals surface area contributed by atoms with Crippen molar-refractivity contribution in [1.82, 2.24) is 0 Å². The molecule has 0 aliphatic rings. The Morgan fingerprint density at radius 3 is 2.25 bits per heavy atom. The number of alkyl halides is 1. The normalized spacial score (nSPS) is 15.2. The standard InChI is InChI=1S/C8H9IN2O/c9-8(11,7(10)12)6-4-2-1-3-5-6/h1-5H,11H2,(H2,10,12). The summed E-state index contributed by atoms with van der Waals surface area (Å²) in [7, 11) is 0. The van der Waals surface area contributed by atoms with E-state index in [0.29, 0.717) is 0 Å². The summed E-state index contributed by atoms with van der Waals surface area (Å²) >= 11 is 1.83. The second-order valence-electron chi connectivity index (χ2n) is 2.44. The lowest BCUT2D eigenvalue weighted by molar-refractivity contribution is -0.119. The van der Waals surface area contributed by atoms with Crippen LogP contribution in [0.25, 0.3) is 0 Å². The molecule has 3 nitrogen and oxygen atoms in total. The molecule has 1 atom stereocenters. The van der Waals surface area contributed by atoms with Crippen molar-refractivity contribution >= 4 is 28.5 Å². The van der Waals surface area contributed by atoms with E-state index in [-0.39, 0.29) is 0 Å². The summed E-state index contributed by atoms with van der Waals surface area (Å²) in [6, 6.07) is 9.04. The topological polar surface area (TPSA) is 69.1 Å². The highest BCUT2D eigenvalue weighted by molar-refractivity contribution is 14.1. The van der Waals surface area contributed by atoms with Crippen LogP contribution in [0.2, 0.25) is 0 Å². The molecule has 1 aromatic rings. The molecule has 0 bridgehead atoms. The van der Waals surface area contributed by atoms with Gasteiger partial charge >= 0.3 is 0 Å². The van der Waals surface area contributed by atoms with Gasteiger partial charge in [0.25, 0.3) is 5.91 Å². The molecule has 0 aliphatic heterocycles. The van der Waals surface area contributed by atoms with Gasteiger partial charge in [-0.3, -0.25) is 4.79 Å². The fourth-order valence-corrected chi connectivity index (χ4v) is 1.18. The predicted molar refractivity (Wildman–Crippen MR) is 55.5 cm³/mol. The van der Waals surface area contributed by atoms with Gasteiger partial charge in [-0.25, -0.2) is 0 Å². The molecule has 1 aromatic carbocycles. The molecule has 1 unspecified atom stereocenters. The van der Waals surface area contributed by atoms with Gasteiger partial charge in [-0.05, 0) is 28.2 Å². The van der Waals surface area contributed by atoms with E-state index in [0.717, 1.165) is 5.56 Å². The zero-order chi connectivity index (χ0) is 9.19. The minimum Gasteiger partial charge on any atom is -0.367 e. The Labute approximate surface area is 84.3 Å². The summed E-state index contributed by atoms with van der Waals surface area (Å²) in [5, 5.41) is 0. The van der Waals surface area contributed by atoms with E-state index >= 15 is 0 Å². The highest BCUT2D eigenvalue weighted by Crippen LogP contribution is 2.24. The largest absolute Gasteiger partial charge is 0.367 e. The number of rotatable bonds is 2. The van der Waals surface area contributed by atoms with Crippen molar-refractivity contribution in [2.24, 2.45) is 11.5 Å². The summed E-state index contributed by atoms with van der Waals surface area (Å²) in [6.45, 7) is 0. The second-order valence-corrected chi connectivity index (χ2v) is 4.14. The first-order chi connectivity index (χ1) is 5.55. The van der Waals surface area contributed by atoms with E-state index in [1.165, 1.54) is 0 Å². The number of primary amides is 1. The molecule has 0 saturated heterocycles. The number of halogens is 1. The average Bonchev–Trinajstić information content (AvgIpc) is 2.06. The Morgan fingerprint density at radius 1 is 1.33 bits per heavy atom. The fourth-order valence-electron chi connectivity index (χ4n) is 0.823. The number of hydrogen-bond donors (Lipinski definition) is 2. The Kier molecular flexibility index (Phi) is 2.69. The molecule has 0 radical (unpaired) electrons. The van der Waals surface area contributed by atoms with Crippen molar-refractivity contribution in [3.8, 4) is 0 Å². The lowest BCUT2D eigenvalue weighted by Crippen LogP contribution is -2.43. The van der Waals surface area contributed by atoms with Crippen molar-refractivity contribution in [2.45, 2.75) is 3.55 Å². The van der Waals surface area contributed by atoms with Gasteiger partial charge in [-0.15, -0.1) is 0 Å². The molecule has 4 N–H and O–H groups in total. The van der Waals surface area contributed by atoms with Crippen LogP contribution in [0.15, 0.2) is 30.3 Å². The first-order valence-corrected chi connectivity index (χ1v) is 4.46. The fraction of sp³-hybridized carbons (Fsp3) is 0.125. The molecule has 1 rings (SSSR count). The SMILES string of the molecule is NC(=O)C(N)(I)c1ccccc1. The van der Waals surface area contributed by atoms with E-state index in [1.807, 2.05) is 40.8 Å². The van der Waals surface area contributed by atoms with Crippen LogP contribution in [-0.4, -0.2) is 5.91 Å². The first-order valence-electron chi connectivity index (χ1n) is 3.38. The van der Waals surface area contributed by atoms with Crippen LogP contribution in [-0.2, 0) is 8.34 Å². The van der Waals surface area contributed by atoms with Crippen molar-refractivity contribution < 1.29 is 4.79 Å². The molecule has 0 spiro atoms. The third-order valence-corrected chi connectivity index (χ3v) is 2.71. The zero-order valence-electron chi connectivity index (χ0n) is 6.33. The lowest BCUT2D eigenvalue weighted by atomic mass is 10.1. The van der Waals surface area contributed by atoms with Crippen molar-refractivity contribution in [2.75, 3.05) is 0 Å². The number of benzene rings is 1. The Balaban J connectivity index is 3.06. The Morgan fingerprint density at radius 2 is 1.83 bits per heavy atom. The number of carbonyl (C=O) groups is 1. The van der Waals surface area contributed by atoms with Crippen LogP contribution in [0, 0.1) is 0 Å².